The highest BCUT2D eigenvalue weighted by Crippen LogP contribution is 2.27. The minimum atomic E-state index is -0.762. The number of benzene rings is 2. The molecule has 3 rings (SSSR count). The zero-order valence-electron chi connectivity index (χ0n) is 20.5. The summed E-state index contributed by atoms with van der Waals surface area (Å²) in [7, 11) is 0. The van der Waals surface area contributed by atoms with E-state index in [2.05, 4.69) is 26.0 Å². The molecule has 0 aliphatic heterocycles. The molecule has 0 spiro atoms. The van der Waals surface area contributed by atoms with Gasteiger partial charge in [-0.05, 0) is 62.1 Å². The van der Waals surface area contributed by atoms with E-state index in [1.165, 1.54) is 0 Å². The minimum absolute atomic E-state index is 0.0751. The molecule has 196 valence electrons. The molecule has 0 heterocycles. The Balaban J connectivity index is 1.39. The van der Waals surface area contributed by atoms with Gasteiger partial charge in [-0.15, -0.1) is 0 Å². The second-order valence-corrected chi connectivity index (χ2v) is 8.86. The average molecular weight is 510 g/mol. The number of amides is 5. The Kier molecular flexibility index (Phi) is 9.59. The molecule has 1 aliphatic rings. The molecule has 37 heavy (non-hydrogen) atoms. The largest absolute Gasteiger partial charge is 0.456 e. The molecule has 2 atom stereocenters. The number of carbonyl (C=O) groups is 5. The number of carbonyl (C=O) groups excluding carboxylic acids is 5. The highest BCUT2D eigenvalue weighted by atomic mass is 16.5. The van der Waals surface area contributed by atoms with Crippen molar-refractivity contribution in [1.82, 2.24) is 5.32 Å². The van der Waals surface area contributed by atoms with E-state index in [-0.39, 0.29) is 42.6 Å². The molecule has 6 N–H and O–H groups in total. The monoisotopic (exact) mass is 509 g/mol. The van der Waals surface area contributed by atoms with Gasteiger partial charge in [0, 0.05) is 35.4 Å². The molecule has 0 saturated heterocycles. The van der Waals surface area contributed by atoms with Gasteiger partial charge in [0.25, 0.3) is 5.91 Å². The van der Waals surface area contributed by atoms with Crippen LogP contribution in [0.3, 0.4) is 0 Å². The number of urea groups is 1. The molecule has 5 amide bonds. The molecule has 0 unspecified atom stereocenters. The van der Waals surface area contributed by atoms with Crippen LogP contribution in [0.15, 0.2) is 48.5 Å². The summed E-state index contributed by atoms with van der Waals surface area (Å²) in [4.78, 5) is 59.1. The number of anilines is 3. The maximum absolute atomic E-state index is 12.7. The van der Waals surface area contributed by atoms with Gasteiger partial charge in [0.2, 0.25) is 11.8 Å². The summed E-state index contributed by atoms with van der Waals surface area (Å²) in [6.07, 6.45) is 1.52. The zero-order chi connectivity index (χ0) is 26.8. The highest BCUT2D eigenvalue weighted by molar-refractivity contribution is 6.00. The van der Waals surface area contributed by atoms with Gasteiger partial charge in [0.15, 0.2) is 6.61 Å². The maximum Gasteiger partial charge on any atom is 0.323 e. The van der Waals surface area contributed by atoms with Crippen molar-refractivity contribution in [3.05, 3.63) is 54.1 Å². The minimum Gasteiger partial charge on any atom is -0.456 e. The fourth-order valence-electron chi connectivity index (χ4n) is 3.97. The Labute approximate surface area is 214 Å². The van der Waals surface area contributed by atoms with E-state index >= 15 is 0 Å². The predicted molar refractivity (Wildman–Crippen MR) is 138 cm³/mol. The smallest absolute Gasteiger partial charge is 0.323 e. The summed E-state index contributed by atoms with van der Waals surface area (Å²) < 4.78 is 4.61. The summed E-state index contributed by atoms with van der Waals surface area (Å²) in [5.41, 5.74) is 7.74. The summed E-state index contributed by atoms with van der Waals surface area (Å²) in [5.74, 6) is -2.17. The lowest BCUT2D eigenvalue weighted by Gasteiger charge is -2.14. The quantitative estimate of drug-likeness (QED) is 0.308. The molecule has 11 heteroatoms. The number of hydrogen-bond acceptors (Lipinski definition) is 6. The van der Waals surface area contributed by atoms with Crippen LogP contribution in [0.5, 0.6) is 0 Å². The molecule has 0 radical (unpaired) electrons. The van der Waals surface area contributed by atoms with Crippen LogP contribution in [-0.4, -0.2) is 42.4 Å². The molecule has 2 aromatic rings. The highest BCUT2D eigenvalue weighted by Gasteiger charge is 2.30. The predicted octanol–water partition coefficient (Wildman–Crippen LogP) is 2.67. The van der Waals surface area contributed by atoms with Crippen molar-refractivity contribution in [1.29, 1.82) is 0 Å². The third-order valence-corrected chi connectivity index (χ3v) is 5.90. The molecule has 11 nitrogen and oxygen atoms in total. The lowest BCUT2D eigenvalue weighted by Crippen LogP contribution is -2.34. The molecule has 2 aromatic carbocycles. The Hall–Kier alpha value is -4.41. The fraction of sp³-hybridized carbons (Fsp3) is 0.346. The van der Waals surface area contributed by atoms with E-state index in [1.54, 1.807) is 24.3 Å². The average Bonchev–Trinajstić information content (AvgIpc) is 3.32. The van der Waals surface area contributed by atoms with Crippen molar-refractivity contribution < 1.29 is 28.7 Å². The maximum atomic E-state index is 12.7. The van der Waals surface area contributed by atoms with Crippen LogP contribution in [0.2, 0.25) is 0 Å². The number of aryl methyl sites for hydroxylation is 1. The van der Waals surface area contributed by atoms with Gasteiger partial charge in [-0.25, -0.2) is 4.79 Å². The number of nitrogens with two attached hydrogens (primary N) is 1. The van der Waals surface area contributed by atoms with E-state index in [0.29, 0.717) is 30.6 Å². The Morgan fingerprint density at radius 3 is 2.24 bits per heavy atom. The molecular weight excluding hydrogens is 478 g/mol. The van der Waals surface area contributed by atoms with Gasteiger partial charge >= 0.3 is 12.0 Å². The Morgan fingerprint density at radius 1 is 0.892 bits per heavy atom. The van der Waals surface area contributed by atoms with E-state index in [9.17, 15) is 24.0 Å². The van der Waals surface area contributed by atoms with Crippen molar-refractivity contribution in [2.24, 2.45) is 11.7 Å². The summed E-state index contributed by atoms with van der Waals surface area (Å²) in [6, 6.07) is 13.7. The molecule has 1 aliphatic carbocycles. The van der Waals surface area contributed by atoms with Gasteiger partial charge in [-0.3, -0.25) is 19.2 Å². The lowest BCUT2D eigenvalue weighted by atomic mass is 10.1. The molecule has 0 aromatic heterocycles. The van der Waals surface area contributed by atoms with Crippen LogP contribution in [0.4, 0.5) is 21.9 Å². The van der Waals surface area contributed by atoms with E-state index < -0.39 is 18.5 Å². The standard InChI is InChI=1S/C26H31N5O6/c1-16-4-2-3-5-21(16)31-26(36)30-19-10-8-18(9-11-19)29-25(35)17-6-7-20(14-17)28-23(33)12-13-24(34)37-15-22(27)32/h2-5,8-11,17,20H,6-7,12-15H2,1H3,(H2,27,32)(H,28,33)(H,29,35)(H2,30,31,36)/t17-,20+/m1/s1. The van der Waals surface area contributed by atoms with Crippen LogP contribution in [0.25, 0.3) is 0 Å². The van der Waals surface area contributed by atoms with Crippen LogP contribution < -0.4 is 27.0 Å². The van der Waals surface area contributed by atoms with Crippen molar-refractivity contribution in [3.63, 3.8) is 0 Å². The van der Waals surface area contributed by atoms with E-state index in [1.807, 2.05) is 31.2 Å². The summed E-state index contributed by atoms with van der Waals surface area (Å²) in [6.45, 7) is 1.39. The molecule has 1 saturated carbocycles. The van der Waals surface area contributed by atoms with Crippen LogP contribution >= 0.6 is 0 Å². The number of hydrogen-bond donors (Lipinski definition) is 5. The number of ether oxygens (including phenoxy) is 1. The van der Waals surface area contributed by atoms with Gasteiger partial charge < -0.3 is 31.7 Å². The first-order chi connectivity index (χ1) is 17.7. The van der Waals surface area contributed by atoms with Crippen molar-refractivity contribution >= 4 is 46.8 Å². The fourth-order valence-corrected chi connectivity index (χ4v) is 3.97. The Morgan fingerprint density at radius 2 is 1.57 bits per heavy atom. The SMILES string of the molecule is Cc1ccccc1NC(=O)Nc1ccc(NC(=O)[C@@H]2CC[C@H](NC(=O)CCC(=O)OCC(N)=O)C2)cc1. The number of nitrogens with one attached hydrogen (secondary N) is 4. The Bertz CT molecular complexity index is 1150. The number of esters is 1. The molecule has 1 fully saturated rings. The van der Waals surface area contributed by atoms with Gasteiger partial charge in [0.1, 0.15) is 0 Å². The van der Waals surface area contributed by atoms with Gasteiger partial charge in [-0.1, -0.05) is 18.2 Å². The zero-order valence-corrected chi connectivity index (χ0v) is 20.5. The third kappa shape index (κ3) is 8.95. The topological polar surface area (TPSA) is 169 Å². The van der Waals surface area contributed by atoms with Crippen LogP contribution in [0, 0.1) is 12.8 Å². The van der Waals surface area contributed by atoms with Crippen molar-refractivity contribution in [3.8, 4) is 0 Å². The van der Waals surface area contributed by atoms with Gasteiger partial charge in [-0.2, -0.15) is 0 Å². The summed E-state index contributed by atoms with van der Waals surface area (Å²) >= 11 is 0. The first kappa shape index (κ1) is 27.2. The number of primary amides is 1. The molecular formula is C26H31N5O6. The van der Waals surface area contributed by atoms with Crippen molar-refractivity contribution in [2.75, 3.05) is 22.6 Å². The first-order valence-corrected chi connectivity index (χ1v) is 12.0. The number of para-hydroxylation sites is 1. The van der Waals surface area contributed by atoms with E-state index in [0.717, 1.165) is 11.3 Å². The molecule has 0 bridgehead atoms. The second kappa shape index (κ2) is 13.1. The third-order valence-electron chi connectivity index (χ3n) is 5.90. The van der Waals surface area contributed by atoms with Crippen LogP contribution in [-0.2, 0) is 23.9 Å². The first-order valence-electron chi connectivity index (χ1n) is 12.0. The number of rotatable bonds is 10. The van der Waals surface area contributed by atoms with Crippen molar-refractivity contribution in [2.45, 2.75) is 45.1 Å². The second-order valence-electron chi connectivity index (χ2n) is 8.86. The lowest BCUT2D eigenvalue weighted by molar-refractivity contribution is -0.148. The van der Waals surface area contributed by atoms with Crippen LogP contribution in [0.1, 0.15) is 37.7 Å². The normalized spacial score (nSPS) is 16.4. The summed E-state index contributed by atoms with van der Waals surface area (Å²) in [5, 5.41) is 11.2. The van der Waals surface area contributed by atoms with Gasteiger partial charge in [0.05, 0.1) is 6.42 Å². The van der Waals surface area contributed by atoms with E-state index in [4.69, 9.17) is 5.73 Å².